The number of fused-ring (bicyclic) bond motifs is 1. The Hall–Kier alpha value is -2.68. The summed E-state index contributed by atoms with van der Waals surface area (Å²) in [7, 11) is 1.76. The summed E-state index contributed by atoms with van der Waals surface area (Å²) in [4.78, 5) is 14.0. The van der Waals surface area contributed by atoms with Crippen LogP contribution in [-0.4, -0.2) is 13.0 Å². The van der Waals surface area contributed by atoms with Crippen LogP contribution in [0.15, 0.2) is 66.7 Å². The topological polar surface area (TPSA) is 20.3 Å². The lowest BCUT2D eigenvalue weighted by Crippen LogP contribution is -2.27. The Morgan fingerprint density at radius 1 is 0.955 bits per heavy atom. The number of amides is 1. The molecule has 3 aromatic carbocycles. The lowest BCUT2D eigenvalue weighted by Gasteiger charge is -2.18. The molecule has 0 spiro atoms. The van der Waals surface area contributed by atoms with Crippen LogP contribution in [0, 0.1) is 5.82 Å². The monoisotopic (exact) mass is 293 g/mol. The lowest BCUT2D eigenvalue weighted by atomic mass is 10.1. The normalized spacial score (nSPS) is 10.6. The first kappa shape index (κ1) is 14.3. The Bertz CT molecular complexity index is 811. The number of hydrogen-bond acceptors (Lipinski definition) is 1. The number of carbonyl (C=O) groups excluding carboxylic acids is 1. The van der Waals surface area contributed by atoms with Crippen molar-refractivity contribution < 1.29 is 9.18 Å². The molecule has 0 bridgehead atoms. The fraction of sp³-hybridized carbons (Fsp3) is 0.105. The maximum absolute atomic E-state index is 12.9. The number of carbonyl (C=O) groups is 1. The minimum absolute atomic E-state index is 0.0260. The Kier molecular flexibility index (Phi) is 3.88. The van der Waals surface area contributed by atoms with E-state index in [1.165, 1.54) is 12.1 Å². The van der Waals surface area contributed by atoms with E-state index in [4.69, 9.17) is 0 Å². The molecule has 0 N–H and O–H groups in total. The second-order valence-corrected chi connectivity index (χ2v) is 5.29. The van der Waals surface area contributed by atoms with E-state index in [0.717, 1.165) is 22.0 Å². The Balaban J connectivity index is 1.80. The van der Waals surface area contributed by atoms with Crippen LogP contribution in [0.5, 0.6) is 0 Å². The zero-order valence-corrected chi connectivity index (χ0v) is 12.3. The SMILES string of the molecule is CN(C(=O)Cc1ccc(F)cc1)c1ccc2ccccc2c1. The molecule has 1 amide bonds. The van der Waals surface area contributed by atoms with Gasteiger partial charge < -0.3 is 4.90 Å². The maximum Gasteiger partial charge on any atom is 0.231 e. The lowest BCUT2D eigenvalue weighted by molar-refractivity contribution is -0.117. The minimum Gasteiger partial charge on any atom is -0.315 e. The summed E-state index contributed by atoms with van der Waals surface area (Å²) in [5, 5.41) is 2.24. The van der Waals surface area contributed by atoms with Crippen LogP contribution in [0.2, 0.25) is 0 Å². The first-order valence-electron chi connectivity index (χ1n) is 7.13. The smallest absolute Gasteiger partial charge is 0.231 e. The molecule has 3 heteroatoms. The molecule has 3 aromatic rings. The predicted octanol–water partition coefficient (Wildman–Crippen LogP) is 4.18. The van der Waals surface area contributed by atoms with Crippen LogP contribution < -0.4 is 4.90 Å². The van der Waals surface area contributed by atoms with Crippen LogP contribution >= 0.6 is 0 Å². The van der Waals surface area contributed by atoms with Crippen LogP contribution in [0.4, 0.5) is 10.1 Å². The molecule has 22 heavy (non-hydrogen) atoms. The van der Waals surface area contributed by atoms with Crippen molar-refractivity contribution >= 4 is 22.4 Å². The molecule has 0 fully saturated rings. The maximum atomic E-state index is 12.9. The first-order chi connectivity index (χ1) is 10.6. The third-order valence-corrected chi connectivity index (χ3v) is 3.76. The average molecular weight is 293 g/mol. The van der Waals surface area contributed by atoms with Crippen molar-refractivity contribution in [2.45, 2.75) is 6.42 Å². The first-order valence-corrected chi connectivity index (χ1v) is 7.13. The molecule has 3 rings (SSSR count). The molecule has 0 aromatic heterocycles. The average Bonchev–Trinajstić information content (AvgIpc) is 2.55. The second-order valence-electron chi connectivity index (χ2n) is 5.29. The van der Waals surface area contributed by atoms with Gasteiger partial charge in [-0.3, -0.25) is 4.79 Å². The molecule has 0 radical (unpaired) electrons. The highest BCUT2D eigenvalue weighted by Crippen LogP contribution is 2.22. The Morgan fingerprint density at radius 2 is 1.64 bits per heavy atom. The number of hydrogen-bond donors (Lipinski definition) is 0. The van der Waals surface area contributed by atoms with Crippen molar-refractivity contribution in [3.05, 3.63) is 78.1 Å². The van der Waals surface area contributed by atoms with E-state index in [9.17, 15) is 9.18 Å². The zero-order valence-electron chi connectivity index (χ0n) is 12.3. The molecule has 2 nitrogen and oxygen atoms in total. The van der Waals surface area contributed by atoms with Gasteiger partial charge in [0.1, 0.15) is 5.82 Å². The number of benzene rings is 3. The summed E-state index contributed by atoms with van der Waals surface area (Å²) in [5.41, 5.74) is 1.66. The largest absolute Gasteiger partial charge is 0.315 e. The molecule has 110 valence electrons. The number of anilines is 1. The van der Waals surface area contributed by atoms with Gasteiger partial charge in [0.15, 0.2) is 0 Å². The standard InChI is InChI=1S/C19H16FNO/c1-21(19(22)12-14-6-9-17(20)10-7-14)18-11-8-15-4-2-3-5-16(15)13-18/h2-11,13H,12H2,1H3. The Labute approximate surface area is 128 Å². The van der Waals surface area contributed by atoms with Gasteiger partial charge in [-0.15, -0.1) is 0 Å². The summed E-state index contributed by atoms with van der Waals surface area (Å²) in [6.45, 7) is 0. The van der Waals surface area contributed by atoms with Crippen LogP contribution in [0.3, 0.4) is 0 Å². The summed E-state index contributed by atoms with van der Waals surface area (Å²) in [5.74, 6) is -0.319. The molecule has 0 unspecified atom stereocenters. The highest BCUT2D eigenvalue weighted by Gasteiger charge is 2.12. The van der Waals surface area contributed by atoms with Crippen LogP contribution in [-0.2, 0) is 11.2 Å². The second kappa shape index (κ2) is 5.98. The predicted molar refractivity (Wildman–Crippen MR) is 87.5 cm³/mol. The molecular weight excluding hydrogens is 277 g/mol. The molecule has 0 aliphatic rings. The Morgan fingerprint density at radius 3 is 2.36 bits per heavy atom. The molecule has 0 aliphatic carbocycles. The molecular formula is C19H16FNO. The molecule has 0 saturated carbocycles. The van der Waals surface area contributed by atoms with Gasteiger partial charge in [-0.2, -0.15) is 0 Å². The van der Waals surface area contributed by atoms with E-state index < -0.39 is 0 Å². The van der Waals surface area contributed by atoms with Gasteiger partial charge in [-0.05, 0) is 40.6 Å². The van der Waals surface area contributed by atoms with Gasteiger partial charge >= 0.3 is 0 Å². The van der Waals surface area contributed by atoms with Gasteiger partial charge in [0, 0.05) is 12.7 Å². The van der Waals surface area contributed by atoms with Crippen LogP contribution in [0.1, 0.15) is 5.56 Å². The number of likely N-dealkylation sites (N-methyl/N-ethyl adjacent to an activating group) is 1. The van der Waals surface area contributed by atoms with Gasteiger partial charge in [0.2, 0.25) is 5.91 Å². The highest BCUT2D eigenvalue weighted by molar-refractivity contribution is 5.97. The van der Waals surface area contributed by atoms with E-state index in [2.05, 4.69) is 0 Å². The van der Waals surface area contributed by atoms with Crippen molar-refractivity contribution in [2.24, 2.45) is 0 Å². The van der Waals surface area contributed by atoms with Gasteiger partial charge in [0.05, 0.1) is 6.42 Å². The van der Waals surface area contributed by atoms with E-state index in [1.807, 2.05) is 42.5 Å². The van der Waals surface area contributed by atoms with Crippen LogP contribution in [0.25, 0.3) is 10.8 Å². The molecule has 0 atom stereocenters. The van der Waals surface area contributed by atoms with Gasteiger partial charge in [-0.25, -0.2) is 4.39 Å². The third-order valence-electron chi connectivity index (χ3n) is 3.76. The van der Waals surface area contributed by atoms with Crippen molar-refractivity contribution in [1.82, 2.24) is 0 Å². The van der Waals surface area contributed by atoms with Gasteiger partial charge in [0.25, 0.3) is 0 Å². The summed E-state index contributed by atoms with van der Waals surface area (Å²) >= 11 is 0. The summed E-state index contributed by atoms with van der Waals surface area (Å²) in [6, 6.07) is 20.0. The number of halogens is 1. The number of nitrogens with zero attached hydrogens (tertiary/aromatic N) is 1. The zero-order chi connectivity index (χ0) is 15.5. The van der Waals surface area contributed by atoms with Crippen molar-refractivity contribution in [1.29, 1.82) is 0 Å². The van der Waals surface area contributed by atoms with E-state index >= 15 is 0 Å². The number of rotatable bonds is 3. The minimum atomic E-state index is -0.293. The van der Waals surface area contributed by atoms with Gasteiger partial charge in [-0.1, -0.05) is 42.5 Å². The van der Waals surface area contributed by atoms with E-state index in [-0.39, 0.29) is 18.1 Å². The van der Waals surface area contributed by atoms with Crippen molar-refractivity contribution in [3.8, 4) is 0 Å². The molecule has 0 saturated heterocycles. The quantitative estimate of drug-likeness (QED) is 0.709. The van der Waals surface area contributed by atoms with Crippen molar-refractivity contribution in [3.63, 3.8) is 0 Å². The third kappa shape index (κ3) is 2.98. The van der Waals surface area contributed by atoms with E-state index in [1.54, 1.807) is 24.1 Å². The molecule has 0 heterocycles. The van der Waals surface area contributed by atoms with Crippen molar-refractivity contribution in [2.75, 3.05) is 11.9 Å². The highest BCUT2D eigenvalue weighted by atomic mass is 19.1. The van der Waals surface area contributed by atoms with E-state index in [0.29, 0.717) is 0 Å². The molecule has 0 aliphatic heterocycles. The fourth-order valence-corrected chi connectivity index (χ4v) is 2.42. The summed E-state index contributed by atoms with van der Waals surface area (Å²) in [6.07, 6.45) is 0.254. The fourth-order valence-electron chi connectivity index (χ4n) is 2.42. The summed E-state index contributed by atoms with van der Waals surface area (Å²) < 4.78 is 12.9.